The Kier molecular flexibility index (Phi) is 4.61. The minimum absolute atomic E-state index is 0.791. The summed E-state index contributed by atoms with van der Waals surface area (Å²) in [5, 5.41) is 3.59. The van der Waals surface area contributed by atoms with E-state index in [1.807, 2.05) is 0 Å². The number of nitrogens with one attached hydrogen (secondary N) is 1. The van der Waals surface area contributed by atoms with Crippen LogP contribution in [0.1, 0.15) is 49.7 Å². The van der Waals surface area contributed by atoms with Gasteiger partial charge in [0.15, 0.2) is 0 Å². The van der Waals surface area contributed by atoms with Crippen LogP contribution in [0, 0.1) is 12.8 Å². The van der Waals surface area contributed by atoms with Crippen molar-refractivity contribution in [3.63, 3.8) is 0 Å². The van der Waals surface area contributed by atoms with E-state index in [1.54, 1.807) is 5.56 Å². The van der Waals surface area contributed by atoms with Crippen LogP contribution >= 0.6 is 0 Å². The Morgan fingerprint density at radius 2 is 2.18 bits per heavy atom. The predicted molar refractivity (Wildman–Crippen MR) is 74.4 cm³/mol. The summed E-state index contributed by atoms with van der Waals surface area (Å²) in [6.45, 7) is 6.80. The lowest BCUT2D eigenvalue weighted by Crippen LogP contribution is -2.25. The largest absolute Gasteiger partial charge is 0.316 e. The van der Waals surface area contributed by atoms with Crippen molar-refractivity contribution in [2.75, 3.05) is 13.1 Å². The molecule has 2 unspecified atom stereocenters. The van der Waals surface area contributed by atoms with Crippen molar-refractivity contribution in [1.29, 1.82) is 0 Å². The summed E-state index contributed by atoms with van der Waals surface area (Å²) in [6.07, 6.45) is 5.41. The second kappa shape index (κ2) is 6.20. The van der Waals surface area contributed by atoms with Crippen LogP contribution in [0.3, 0.4) is 0 Å². The van der Waals surface area contributed by atoms with E-state index in [9.17, 15) is 0 Å². The molecule has 0 aliphatic heterocycles. The van der Waals surface area contributed by atoms with Crippen molar-refractivity contribution in [2.24, 2.45) is 5.92 Å². The summed E-state index contributed by atoms with van der Waals surface area (Å²) in [5.74, 6) is 1.64. The zero-order valence-electron chi connectivity index (χ0n) is 11.2. The first-order chi connectivity index (χ1) is 8.31. The average Bonchev–Trinajstić information content (AvgIpc) is 2.78. The van der Waals surface area contributed by atoms with Crippen molar-refractivity contribution in [3.05, 3.63) is 35.4 Å². The minimum atomic E-state index is 0.791. The molecule has 1 heteroatoms. The molecule has 1 aliphatic carbocycles. The standard InChI is InChI=1S/C16H25N/c1-3-10-17-12-15-8-5-9-16(15)14-7-4-6-13(2)11-14/h4,6-7,11,15-17H,3,5,8-10,12H2,1-2H3. The maximum absolute atomic E-state index is 3.59. The Hall–Kier alpha value is -0.820. The fourth-order valence-corrected chi connectivity index (χ4v) is 3.08. The first-order valence-corrected chi connectivity index (χ1v) is 7.08. The van der Waals surface area contributed by atoms with Gasteiger partial charge in [0, 0.05) is 0 Å². The summed E-state index contributed by atoms with van der Waals surface area (Å²) < 4.78 is 0. The third-order valence-electron chi connectivity index (χ3n) is 3.96. The molecule has 1 saturated carbocycles. The normalized spacial score (nSPS) is 24.1. The smallest absolute Gasteiger partial charge is 0.00147 e. The molecule has 0 radical (unpaired) electrons. The van der Waals surface area contributed by atoms with Crippen LogP contribution in [0.2, 0.25) is 0 Å². The van der Waals surface area contributed by atoms with Crippen LogP contribution in [0.4, 0.5) is 0 Å². The highest BCUT2D eigenvalue weighted by Gasteiger charge is 2.27. The third-order valence-corrected chi connectivity index (χ3v) is 3.96. The first kappa shape index (κ1) is 12.6. The van der Waals surface area contributed by atoms with Gasteiger partial charge < -0.3 is 5.32 Å². The van der Waals surface area contributed by atoms with Crippen LogP contribution < -0.4 is 5.32 Å². The Labute approximate surface area is 106 Å². The molecule has 1 aliphatic rings. The summed E-state index contributed by atoms with van der Waals surface area (Å²) in [5.41, 5.74) is 2.96. The topological polar surface area (TPSA) is 12.0 Å². The van der Waals surface area contributed by atoms with Gasteiger partial charge in [0.2, 0.25) is 0 Å². The van der Waals surface area contributed by atoms with Crippen LogP contribution in [-0.2, 0) is 0 Å². The van der Waals surface area contributed by atoms with Crippen molar-refractivity contribution < 1.29 is 0 Å². The second-order valence-electron chi connectivity index (χ2n) is 5.42. The van der Waals surface area contributed by atoms with E-state index in [0.717, 1.165) is 18.4 Å². The molecule has 0 bridgehead atoms. The van der Waals surface area contributed by atoms with Gasteiger partial charge >= 0.3 is 0 Å². The average molecular weight is 231 g/mol. The van der Waals surface area contributed by atoms with Gasteiger partial charge in [0.1, 0.15) is 0 Å². The van der Waals surface area contributed by atoms with Crippen LogP contribution in [0.25, 0.3) is 0 Å². The highest BCUT2D eigenvalue weighted by molar-refractivity contribution is 5.26. The van der Waals surface area contributed by atoms with Gasteiger partial charge in [-0.25, -0.2) is 0 Å². The van der Waals surface area contributed by atoms with Gasteiger partial charge in [-0.15, -0.1) is 0 Å². The lowest BCUT2D eigenvalue weighted by Gasteiger charge is -2.21. The van der Waals surface area contributed by atoms with Gasteiger partial charge in [-0.05, 0) is 56.7 Å². The van der Waals surface area contributed by atoms with Gasteiger partial charge in [0.05, 0.1) is 0 Å². The Morgan fingerprint density at radius 1 is 1.29 bits per heavy atom. The van der Waals surface area contributed by atoms with Gasteiger partial charge in [-0.1, -0.05) is 43.2 Å². The molecule has 2 atom stereocenters. The summed E-state index contributed by atoms with van der Waals surface area (Å²) >= 11 is 0. The molecule has 1 fully saturated rings. The molecule has 0 heterocycles. The van der Waals surface area contributed by atoms with Crippen LogP contribution in [0.15, 0.2) is 24.3 Å². The summed E-state index contributed by atoms with van der Waals surface area (Å²) in [6, 6.07) is 9.10. The van der Waals surface area contributed by atoms with Crippen molar-refractivity contribution in [1.82, 2.24) is 5.32 Å². The zero-order chi connectivity index (χ0) is 12.1. The van der Waals surface area contributed by atoms with Crippen molar-refractivity contribution in [2.45, 2.75) is 45.4 Å². The molecular formula is C16H25N. The van der Waals surface area contributed by atoms with Crippen LogP contribution in [0.5, 0.6) is 0 Å². The molecule has 17 heavy (non-hydrogen) atoms. The van der Waals surface area contributed by atoms with Crippen molar-refractivity contribution in [3.8, 4) is 0 Å². The van der Waals surface area contributed by atoms with Gasteiger partial charge in [-0.2, -0.15) is 0 Å². The Morgan fingerprint density at radius 3 is 2.94 bits per heavy atom. The Balaban J connectivity index is 1.99. The third kappa shape index (κ3) is 3.32. The first-order valence-electron chi connectivity index (χ1n) is 7.08. The number of benzene rings is 1. The zero-order valence-corrected chi connectivity index (χ0v) is 11.2. The van der Waals surface area contributed by atoms with E-state index in [-0.39, 0.29) is 0 Å². The van der Waals surface area contributed by atoms with E-state index in [0.29, 0.717) is 0 Å². The molecule has 1 aromatic carbocycles. The quantitative estimate of drug-likeness (QED) is 0.758. The highest BCUT2D eigenvalue weighted by atomic mass is 14.9. The number of aryl methyl sites for hydroxylation is 1. The molecule has 94 valence electrons. The summed E-state index contributed by atoms with van der Waals surface area (Å²) in [7, 11) is 0. The maximum atomic E-state index is 3.59. The minimum Gasteiger partial charge on any atom is -0.316 e. The highest BCUT2D eigenvalue weighted by Crippen LogP contribution is 2.39. The van der Waals surface area contributed by atoms with E-state index in [1.165, 1.54) is 37.8 Å². The van der Waals surface area contributed by atoms with Crippen LogP contribution in [-0.4, -0.2) is 13.1 Å². The van der Waals surface area contributed by atoms with E-state index in [2.05, 4.69) is 43.4 Å². The van der Waals surface area contributed by atoms with E-state index in [4.69, 9.17) is 0 Å². The maximum Gasteiger partial charge on any atom is -0.00147 e. The SMILES string of the molecule is CCCNCC1CCCC1c1cccc(C)c1. The summed E-state index contributed by atoms with van der Waals surface area (Å²) in [4.78, 5) is 0. The number of hydrogen-bond acceptors (Lipinski definition) is 1. The van der Waals surface area contributed by atoms with Crippen molar-refractivity contribution >= 4 is 0 Å². The van der Waals surface area contributed by atoms with Gasteiger partial charge in [-0.3, -0.25) is 0 Å². The second-order valence-corrected chi connectivity index (χ2v) is 5.42. The molecule has 0 spiro atoms. The fourth-order valence-electron chi connectivity index (χ4n) is 3.08. The molecule has 1 aromatic rings. The monoisotopic (exact) mass is 231 g/mol. The molecule has 1 nitrogen and oxygen atoms in total. The Bertz CT molecular complexity index is 345. The predicted octanol–water partition coefficient (Wildman–Crippen LogP) is 3.88. The number of rotatable bonds is 5. The molecule has 1 N–H and O–H groups in total. The lowest BCUT2D eigenvalue weighted by atomic mass is 9.88. The lowest BCUT2D eigenvalue weighted by molar-refractivity contribution is 0.444. The molecule has 2 rings (SSSR count). The van der Waals surface area contributed by atoms with E-state index < -0.39 is 0 Å². The van der Waals surface area contributed by atoms with E-state index >= 15 is 0 Å². The molecule has 0 amide bonds. The molecule has 0 saturated heterocycles. The molecule has 0 aromatic heterocycles. The number of hydrogen-bond donors (Lipinski definition) is 1. The fraction of sp³-hybridized carbons (Fsp3) is 0.625. The molecular weight excluding hydrogens is 206 g/mol. The van der Waals surface area contributed by atoms with Gasteiger partial charge in [0.25, 0.3) is 0 Å².